The van der Waals surface area contributed by atoms with Crippen LogP contribution in [0.3, 0.4) is 0 Å². The molecule has 25 heavy (non-hydrogen) atoms. The van der Waals surface area contributed by atoms with Gasteiger partial charge < -0.3 is 0 Å². The Morgan fingerprint density at radius 2 is 1.88 bits per heavy atom. The molecule has 0 aliphatic carbocycles. The third kappa shape index (κ3) is 3.66. The van der Waals surface area contributed by atoms with E-state index in [0.717, 1.165) is 25.7 Å². The van der Waals surface area contributed by atoms with Crippen LogP contribution in [0.5, 0.6) is 0 Å². The van der Waals surface area contributed by atoms with Gasteiger partial charge in [0.15, 0.2) is 0 Å². The molecule has 0 fully saturated rings. The molecule has 0 radical (unpaired) electrons. The molecule has 0 aliphatic rings. The van der Waals surface area contributed by atoms with E-state index < -0.39 is 0 Å². The van der Waals surface area contributed by atoms with Gasteiger partial charge in [-0.2, -0.15) is 0 Å². The SMILES string of the molecule is C/C=C(\C=C/CC)[Se]C(=O)c1cccc2c(=O)c3ccccc3sc12. The van der Waals surface area contributed by atoms with E-state index in [1.807, 2.05) is 61.5 Å². The molecule has 0 aliphatic heterocycles. The summed E-state index contributed by atoms with van der Waals surface area (Å²) < 4.78 is 2.89. The second kappa shape index (κ2) is 7.92. The Morgan fingerprint density at radius 3 is 2.64 bits per heavy atom. The zero-order chi connectivity index (χ0) is 17.8. The molecule has 0 N–H and O–H groups in total. The quantitative estimate of drug-likeness (QED) is 0.330. The van der Waals surface area contributed by atoms with Crippen molar-refractivity contribution in [1.29, 1.82) is 0 Å². The summed E-state index contributed by atoms with van der Waals surface area (Å²) in [6.07, 6.45) is 7.04. The van der Waals surface area contributed by atoms with Crippen LogP contribution in [0.1, 0.15) is 30.6 Å². The topological polar surface area (TPSA) is 34.1 Å². The van der Waals surface area contributed by atoms with Gasteiger partial charge >= 0.3 is 157 Å². The Kier molecular flexibility index (Phi) is 5.64. The molecule has 3 rings (SSSR count). The van der Waals surface area contributed by atoms with Gasteiger partial charge in [-0.05, 0) is 0 Å². The standard InChI is InChI=1S/C21H18O2SSe/c1-3-5-9-14(4-2)25-21(23)17-12-8-11-16-19(22)15-10-6-7-13-18(15)24-20(16)17/h4-13H,3H2,1-2H3/b9-5-,14-4+. The molecule has 0 unspecified atom stereocenters. The maximum atomic E-state index is 12.9. The number of fused-ring (bicyclic) bond motifs is 2. The van der Waals surface area contributed by atoms with E-state index in [-0.39, 0.29) is 25.1 Å². The summed E-state index contributed by atoms with van der Waals surface area (Å²) in [6.45, 7) is 4.03. The molecule has 0 saturated heterocycles. The van der Waals surface area contributed by atoms with Crippen molar-refractivity contribution in [2.75, 3.05) is 0 Å². The van der Waals surface area contributed by atoms with Gasteiger partial charge in [0.25, 0.3) is 0 Å². The molecule has 1 heterocycles. The Bertz CT molecular complexity index is 1060. The zero-order valence-electron chi connectivity index (χ0n) is 14.1. The molecule has 126 valence electrons. The van der Waals surface area contributed by atoms with Crippen molar-refractivity contribution in [3.63, 3.8) is 0 Å². The van der Waals surface area contributed by atoms with Crippen molar-refractivity contribution in [3.05, 3.63) is 81.0 Å². The molecule has 0 saturated carbocycles. The Balaban J connectivity index is 2.12. The van der Waals surface area contributed by atoms with E-state index in [9.17, 15) is 9.59 Å². The number of benzene rings is 2. The second-order valence-electron chi connectivity index (χ2n) is 5.50. The molecule has 3 aromatic rings. The number of allylic oxidation sites excluding steroid dienone is 4. The van der Waals surface area contributed by atoms with Crippen molar-refractivity contribution < 1.29 is 4.79 Å². The van der Waals surface area contributed by atoms with Crippen molar-refractivity contribution >= 4 is 51.1 Å². The second-order valence-corrected chi connectivity index (χ2v) is 8.75. The van der Waals surface area contributed by atoms with E-state index in [4.69, 9.17) is 0 Å². The fraction of sp³-hybridized carbons (Fsp3) is 0.143. The van der Waals surface area contributed by atoms with Gasteiger partial charge in [-0.3, -0.25) is 0 Å². The summed E-state index contributed by atoms with van der Waals surface area (Å²) in [7, 11) is 0. The number of rotatable bonds is 5. The number of hydrogen-bond donors (Lipinski definition) is 0. The van der Waals surface area contributed by atoms with Crippen LogP contribution >= 0.6 is 11.3 Å². The molecule has 2 nitrogen and oxygen atoms in total. The fourth-order valence-corrected chi connectivity index (χ4v) is 5.52. The van der Waals surface area contributed by atoms with Gasteiger partial charge in [-0.1, -0.05) is 0 Å². The molecule has 1 aromatic heterocycles. The van der Waals surface area contributed by atoms with Crippen molar-refractivity contribution in [2.24, 2.45) is 0 Å². The zero-order valence-corrected chi connectivity index (χ0v) is 16.6. The third-order valence-electron chi connectivity index (χ3n) is 3.84. The van der Waals surface area contributed by atoms with Crippen LogP contribution in [0, 0.1) is 0 Å². The van der Waals surface area contributed by atoms with Gasteiger partial charge in [0.1, 0.15) is 0 Å². The average molecular weight is 413 g/mol. The van der Waals surface area contributed by atoms with Crippen LogP contribution in [-0.4, -0.2) is 19.6 Å². The van der Waals surface area contributed by atoms with Crippen LogP contribution in [0.4, 0.5) is 0 Å². The van der Waals surface area contributed by atoms with Crippen molar-refractivity contribution in [1.82, 2.24) is 0 Å². The number of carbonyl (C=O) groups excluding carboxylic acids is 1. The van der Waals surface area contributed by atoms with Crippen LogP contribution in [0.15, 0.2) is 70.0 Å². The molecule has 0 bridgehead atoms. The number of carbonyl (C=O) groups is 1. The van der Waals surface area contributed by atoms with Crippen molar-refractivity contribution in [3.8, 4) is 0 Å². The summed E-state index contributed by atoms with van der Waals surface area (Å²) in [4.78, 5) is 25.7. The summed E-state index contributed by atoms with van der Waals surface area (Å²) in [5, 5.41) is 1.35. The predicted octanol–water partition coefficient (Wildman–Crippen LogP) is 5.13. The van der Waals surface area contributed by atoms with Gasteiger partial charge in [0.05, 0.1) is 0 Å². The summed E-state index contributed by atoms with van der Waals surface area (Å²) in [5.41, 5.74) is 0.665. The minimum atomic E-state index is -0.296. The first-order valence-electron chi connectivity index (χ1n) is 8.15. The van der Waals surface area contributed by atoms with E-state index >= 15 is 0 Å². The van der Waals surface area contributed by atoms with Gasteiger partial charge in [-0.15, -0.1) is 0 Å². The van der Waals surface area contributed by atoms with E-state index in [1.165, 1.54) is 11.3 Å². The van der Waals surface area contributed by atoms with Crippen LogP contribution < -0.4 is 5.43 Å². The summed E-state index contributed by atoms with van der Waals surface area (Å²) >= 11 is 1.23. The first kappa shape index (κ1) is 17.8. The van der Waals surface area contributed by atoms with E-state index in [0.29, 0.717) is 10.9 Å². The van der Waals surface area contributed by atoms with Crippen LogP contribution in [0.25, 0.3) is 20.2 Å². The molecule has 0 spiro atoms. The normalized spacial score (nSPS) is 12.3. The molecule has 0 amide bonds. The maximum absolute atomic E-state index is 12.9. The monoisotopic (exact) mass is 414 g/mol. The van der Waals surface area contributed by atoms with Crippen LogP contribution in [-0.2, 0) is 0 Å². The first-order valence-corrected chi connectivity index (χ1v) is 10.7. The fourth-order valence-electron chi connectivity index (χ4n) is 2.57. The average Bonchev–Trinajstić information content (AvgIpc) is 2.64. The number of hydrogen-bond acceptors (Lipinski definition) is 3. The van der Waals surface area contributed by atoms with Crippen molar-refractivity contribution in [2.45, 2.75) is 20.3 Å². The Morgan fingerprint density at radius 1 is 1.12 bits per heavy atom. The molecule has 4 heteroatoms. The first-order chi connectivity index (χ1) is 12.2. The van der Waals surface area contributed by atoms with Gasteiger partial charge in [0, 0.05) is 0 Å². The Hall–Kier alpha value is -2.00. The Labute approximate surface area is 157 Å². The molecule has 0 atom stereocenters. The summed E-state index contributed by atoms with van der Waals surface area (Å²) in [5.74, 6) is 0. The third-order valence-corrected chi connectivity index (χ3v) is 7.18. The molecular weight excluding hydrogens is 395 g/mol. The van der Waals surface area contributed by atoms with Gasteiger partial charge in [-0.25, -0.2) is 0 Å². The van der Waals surface area contributed by atoms with Gasteiger partial charge in [0.2, 0.25) is 0 Å². The predicted molar refractivity (Wildman–Crippen MR) is 109 cm³/mol. The van der Waals surface area contributed by atoms with E-state index in [2.05, 4.69) is 13.0 Å². The van der Waals surface area contributed by atoms with Crippen LogP contribution in [0.2, 0.25) is 0 Å². The minimum absolute atomic E-state index is 0.00337. The summed E-state index contributed by atoms with van der Waals surface area (Å²) in [6, 6.07) is 13.1. The van der Waals surface area contributed by atoms with E-state index in [1.54, 1.807) is 0 Å². The molecule has 2 aromatic carbocycles. The molecular formula is C21H18O2SSe.